The third kappa shape index (κ3) is 3.03. The molecule has 86 valence electrons. The first-order chi connectivity index (χ1) is 6.98. The van der Waals surface area contributed by atoms with Crippen LogP contribution < -0.4 is 5.73 Å². The topological polar surface area (TPSA) is 89.2 Å². The second kappa shape index (κ2) is 5.10. The normalized spacial score (nSPS) is 12.2. The lowest BCUT2D eigenvalue weighted by molar-refractivity contribution is 0.487. The molecule has 15 heavy (non-hydrogen) atoms. The first kappa shape index (κ1) is 12.7. The SMILES string of the molecule is CSCCN(C)S(=O)(=O)c1nnc(N)s1. The Balaban J connectivity index is 2.83. The van der Waals surface area contributed by atoms with Gasteiger partial charge in [0.15, 0.2) is 0 Å². The van der Waals surface area contributed by atoms with Crippen LogP contribution in [0.1, 0.15) is 0 Å². The zero-order valence-corrected chi connectivity index (χ0v) is 10.8. The molecule has 1 aromatic rings. The van der Waals surface area contributed by atoms with Crippen molar-refractivity contribution < 1.29 is 8.42 Å². The molecule has 0 saturated heterocycles. The molecule has 0 aromatic carbocycles. The van der Waals surface area contributed by atoms with E-state index in [1.54, 1.807) is 11.8 Å². The average molecular weight is 268 g/mol. The molecule has 0 aliphatic rings. The Kier molecular flexibility index (Phi) is 4.32. The molecule has 9 heteroatoms. The number of thioether (sulfide) groups is 1. The molecule has 6 nitrogen and oxygen atoms in total. The molecule has 0 spiro atoms. The fourth-order valence-corrected chi connectivity index (χ4v) is 3.51. The van der Waals surface area contributed by atoms with E-state index >= 15 is 0 Å². The monoisotopic (exact) mass is 268 g/mol. The van der Waals surface area contributed by atoms with Crippen LogP contribution in [0.15, 0.2) is 4.34 Å². The van der Waals surface area contributed by atoms with Gasteiger partial charge < -0.3 is 5.73 Å². The second-order valence-corrected chi connectivity index (χ2v) is 6.94. The third-order valence-corrected chi connectivity index (χ3v) is 5.21. The van der Waals surface area contributed by atoms with Crippen molar-refractivity contribution in [2.75, 3.05) is 31.3 Å². The van der Waals surface area contributed by atoms with E-state index in [2.05, 4.69) is 10.2 Å². The van der Waals surface area contributed by atoms with E-state index in [1.807, 2.05) is 6.26 Å². The fraction of sp³-hybridized carbons (Fsp3) is 0.667. The summed E-state index contributed by atoms with van der Waals surface area (Å²) in [5.74, 6) is 0.740. The van der Waals surface area contributed by atoms with Crippen LogP contribution in [0.4, 0.5) is 5.13 Å². The van der Waals surface area contributed by atoms with Crippen molar-refractivity contribution in [1.82, 2.24) is 14.5 Å². The summed E-state index contributed by atoms with van der Waals surface area (Å²) < 4.78 is 24.8. The summed E-state index contributed by atoms with van der Waals surface area (Å²) in [7, 11) is -1.99. The number of hydrogen-bond acceptors (Lipinski definition) is 7. The lowest BCUT2D eigenvalue weighted by atomic mass is 10.8. The van der Waals surface area contributed by atoms with Crippen LogP contribution in [0.5, 0.6) is 0 Å². The quantitative estimate of drug-likeness (QED) is 0.815. The Hall–Kier alpha value is -0.380. The van der Waals surface area contributed by atoms with Gasteiger partial charge in [0, 0.05) is 19.3 Å². The van der Waals surface area contributed by atoms with Crippen molar-refractivity contribution in [1.29, 1.82) is 0 Å². The number of sulfonamides is 1. The zero-order chi connectivity index (χ0) is 11.5. The summed E-state index contributed by atoms with van der Waals surface area (Å²) in [5, 5.41) is 7.16. The largest absolute Gasteiger partial charge is 0.374 e. The van der Waals surface area contributed by atoms with Crippen molar-refractivity contribution in [2.45, 2.75) is 4.34 Å². The molecule has 0 amide bonds. The minimum Gasteiger partial charge on any atom is -0.374 e. The van der Waals surface area contributed by atoms with Crippen LogP contribution in [0.3, 0.4) is 0 Å². The van der Waals surface area contributed by atoms with Crippen LogP contribution in [0, 0.1) is 0 Å². The van der Waals surface area contributed by atoms with Crippen LogP contribution in [0.25, 0.3) is 0 Å². The smallest absolute Gasteiger partial charge is 0.272 e. The van der Waals surface area contributed by atoms with Crippen molar-refractivity contribution in [2.24, 2.45) is 0 Å². The number of nitrogens with two attached hydrogens (primary N) is 1. The Labute approximate surface area is 96.9 Å². The molecule has 0 saturated carbocycles. The molecule has 2 N–H and O–H groups in total. The summed E-state index contributed by atoms with van der Waals surface area (Å²) in [6, 6.07) is 0. The van der Waals surface area contributed by atoms with Gasteiger partial charge in [0.25, 0.3) is 10.0 Å². The number of nitrogens with zero attached hydrogens (tertiary/aromatic N) is 3. The standard InChI is InChI=1S/C6H12N4O2S3/c1-10(3-4-13-2)15(11,12)6-9-8-5(7)14-6/h3-4H2,1-2H3,(H2,7,8). The van der Waals surface area contributed by atoms with Gasteiger partial charge in [0.2, 0.25) is 9.47 Å². The Morgan fingerprint density at radius 3 is 2.67 bits per heavy atom. The summed E-state index contributed by atoms with van der Waals surface area (Å²) in [5.41, 5.74) is 5.33. The highest BCUT2D eigenvalue weighted by Gasteiger charge is 2.24. The van der Waals surface area contributed by atoms with Gasteiger partial charge in [0.1, 0.15) is 0 Å². The van der Waals surface area contributed by atoms with Crippen molar-refractivity contribution in [3.8, 4) is 0 Å². The summed E-state index contributed by atoms with van der Waals surface area (Å²) in [6.45, 7) is 0.447. The lowest BCUT2D eigenvalue weighted by Gasteiger charge is -2.13. The molecular formula is C6H12N4O2S3. The van der Waals surface area contributed by atoms with Crippen molar-refractivity contribution in [3.63, 3.8) is 0 Å². The zero-order valence-electron chi connectivity index (χ0n) is 8.37. The number of anilines is 1. The number of hydrogen-bond donors (Lipinski definition) is 1. The van der Waals surface area contributed by atoms with E-state index in [0.717, 1.165) is 17.1 Å². The molecule has 0 aliphatic carbocycles. The molecule has 1 aromatic heterocycles. The fourth-order valence-electron chi connectivity index (χ4n) is 0.798. The highest BCUT2D eigenvalue weighted by molar-refractivity contribution is 7.98. The number of aromatic nitrogens is 2. The van der Waals surface area contributed by atoms with Gasteiger partial charge in [0.05, 0.1) is 0 Å². The van der Waals surface area contributed by atoms with E-state index in [1.165, 1.54) is 11.4 Å². The molecule has 1 rings (SSSR count). The molecule has 0 bridgehead atoms. The molecule has 0 aliphatic heterocycles. The maximum atomic E-state index is 11.8. The first-order valence-electron chi connectivity index (χ1n) is 4.02. The average Bonchev–Trinajstić information content (AvgIpc) is 2.61. The maximum absolute atomic E-state index is 11.8. The first-order valence-corrected chi connectivity index (χ1v) is 7.67. The van der Waals surface area contributed by atoms with Gasteiger partial charge in [-0.1, -0.05) is 11.3 Å². The van der Waals surface area contributed by atoms with E-state index in [0.29, 0.717) is 6.54 Å². The lowest BCUT2D eigenvalue weighted by Crippen LogP contribution is -2.29. The van der Waals surface area contributed by atoms with E-state index < -0.39 is 10.0 Å². The van der Waals surface area contributed by atoms with E-state index in [9.17, 15) is 8.42 Å². The van der Waals surface area contributed by atoms with Gasteiger partial charge in [-0.15, -0.1) is 10.2 Å². The van der Waals surface area contributed by atoms with Crippen molar-refractivity contribution >= 4 is 38.3 Å². The maximum Gasteiger partial charge on any atom is 0.272 e. The number of nitrogen functional groups attached to an aromatic ring is 1. The Morgan fingerprint density at radius 2 is 2.20 bits per heavy atom. The minimum absolute atomic E-state index is 0.0522. The van der Waals surface area contributed by atoms with Crippen LogP contribution >= 0.6 is 23.1 Å². The van der Waals surface area contributed by atoms with Crippen molar-refractivity contribution in [3.05, 3.63) is 0 Å². The predicted octanol–water partition coefficient (Wildman–Crippen LogP) is 0.104. The van der Waals surface area contributed by atoms with Crippen LogP contribution in [0.2, 0.25) is 0 Å². The highest BCUT2D eigenvalue weighted by atomic mass is 32.2. The second-order valence-electron chi connectivity index (χ2n) is 2.73. The summed E-state index contributed by atoms with van der Waals surface area (Å²) in [6.07, 6.45) is 1.92. The molecule has 0 unspecified atom stereocenters. The summed E-state index contributed by atoms with van der Waals surface area (Å²) in [4.78, 5) is 0. The molecule has 1 heterocycles. The van der Waals surface area contributed by atoms with Crippen LogP contribution in [-0.4, -0.2) is 48.5 Å². The van der Waals surface area contributed by atoms with Crippen LogP contribution in [-0.2, 0) is 10.0 Å². The van der Waals surface area contributed by atoms with Gasteiger partial charge in [-0.05, 0) is 6.26 Å². The van der Waals surface area contributed by atoms with Gasteiger partial charge in [-0.3, -0.25) is 0 Å². The third-order valence-electron chi connectivity index (χ3n) is 1.66. The Morgan fingerprint density at radius 1 is 1.53 bits per heavy atom. The minimum atomic E-state index is -3.51. The predicted molar refractivity (Wildman–Crippen MR) is 62.5 cm³/mol. The molecule has 0 radical (unpaired) electrons. The van der Waals surface area contributed by atoms with Gasteiger partial charge in [-0.2, -0.15) is 16.1 Å². The number of rotatable bonds is 5. The van der Waals surface area contributed by atoms with E-state index in [4.69, 9.17) is 5.73 Å². The molecular weight excluding hydrogens is 256 g/mol. The highest BCUT2D eigenvalue weighted by Crippen LogP contribution is 2.20. The van der Waals surface area contributed by atoms with E-state index in [-0.39, 0.29) is 9.47 Å². The summed E-state index contributed by atoms with van der Waals surface area (Å²) >= 11 is 2.46. The Bertz CT molecular complexity index is 416. The molecule has 0 atom stereocenters. The van der Waals surface area contributed by atoms with Gasteiger partial charge >= 0.3 is 0 Å². The molecule has 0 fully saturated rings. The van der Waals surface area contributed by atoms with Gasteiger partial charge in [-0.25, -0.2) is 8.42 Å².